The van der Waals surface area contributed by atoms with Crippen molar-refractivity contribution in [2.24, 2.45) is 5.92 Å². The third kappa shape index (κ3) is 2.60. The van der Waals surface area contributed by atoms with Gasteiger partial charge in [0, 0.05) is 23.6 Å². The van der Waals surface area contributed by atoms with Crippen LogP contribution >= 0.6 is 0 Å². The highest BCUT2D eigenvalue weighted by Crippen LogP contribution is 2.35. The SMILES string of the molecule is Cc1c(C(=O)OCC2CC2)[nH]c2c1C(=O)CC(c1ccco1)C2. The first-order chi connectivity index (χ1) is 11.1. The number of ether oxygens (including phenoxy) is 1. The Morgan fingerprint density at radius 3 is 2.91 bits per heavy atom. The van der Waals surface area contributed by atoms with Crippen molar-refractivity contribution in [2.45, 2.75) is 38.5 Å². The molecule has 0 spiro atoms. The van der Waals surface area contributed by atoms with E-state index in [-0.39, 0.29) is 17.7 Å². The van der Waals surface area contributed by atoms with Gasteiger partial charge in [-0.3, -0.25) is 4.79 Å². The number of carbonyl (C=O) groups is 2. The Morgan fingerprint density at radius 2 is 2.22 bits per heavy atom. The number of hydrogen-bond acceptors (Lipinski definition) is 4. The van der Waals surface area contributed by atoms with Gasteiger partial charge in [0.2, 0.25) is 0 Å². The van der Waals surface area contributed by atoms with Crippen molar-refractivity contribution in [3.8, 4) is 0 Å². The smallest absolute Gasteiger partial charge is 0.355 e. The molecule has 23 heavy (non-hydrogen) atoms. The molecule has 2 heterocycles. The van der Waals surface area contributed by atoms with Gasteiger partial charge in [0.25, 0.3) is 0 Å². The van der Waals surface area contributed by atoms with Crippen LogP contribution in [0.25, 0.3) is 0 Å². The highest BCUT2D eigenvalue weighted by molar-refractivity contribution is 6.03. The number of ketones is 1. The van der Waals surface area contributed by atoms with E-state index in [1.165, 1.54) is 0 Å². The van der Waals surface area contributed by atoms with E-state index in [1.807, 2.05) is 19.1 Å². The fraction of sp³-hybridized carbons (Fsp3) is 0.444. The summed E-state index contributed by atoms with van der Waals surface area (Å²) in [4.78, 5) is 27.9. The second-order valence-corrected chi connectivity index (χ2v) is 6.56. The minimum absolute atomic E-state index is 0.0263. The van der Waals surface area contributed by atoms with Crippen molar-refractivity contribution in [3.05, 3.63) is 46.7 Å². The molecule has 1 fully saturated rings. The Labute approximate surface area is 134 Å². The van der Waals surface area contributed by atoms with Crippen molar-refractivity contribution in [1.82, 2.24) is 4.98 Å². The zero-order chi connectivity index (χ0) is 16.0. The Hall–Kier alpha value is -2.30. The number of carbonyl (C=O) groups excluding carboxylic acids is 2. The van der Waals surface area contributed by atoms with Crippen LogP contribution in [0.1, 0.15) is 63.0 Å². The lowest BCUT2D eigenvalue weighted by Gasteiger charge is -2.19. The number of Topliss-reactive ketones (excluding diaryl/α,β-unsaturated/α-hetero) is 1. The molecule has 120 valence electrons. The maximum absolute atomic E-state index is 12.5. The van der Waals surface area contributed by atoms with Gasteiger partial charge < -0.3 is 14.1 Å². The number of aromatic nitrogens is 1. The summed E-state index contributed by atoms with van der Waals surface area (Å²) in [7, 11) is 0. The van der Waals surface area contributed by atoms with E-state index in [9.17, 15) is 9.59 Å². The molecule has 4 rings (SSSR count). The van der Waals surface area contributed by atoms with E-state index in [4.69, 9.17) is 9.15 Å². The average molecular weight is 313 g/mol. The van der Waals surface area contributed by atoms with Gasteiger partial charge in [-0.2, -0.15) is 0 Å². The van der Waals surface area contributed by atoms with E-state index in [0.29, 0.717) is 42.2 Å². The fourth-order valence-corrected chi connectivity index (χ4v) is 3.31. The molecule has 0 aromatic carbocycles. The van der Waals surface area contributed by atoms with Crippen LogP contribution in [0.15, 0.2) is 22.8 Å². The summed E-state index contributed by atoms with van der Waals surface area (Å²) in [6, 6.07) is 3.72. The van der Waals surface area contributed by atoms with Gasteiger partial charge in [0.05, 0.1) is 12.9 Å². The Bertz CT molecular complexity index is 752. The molecule has 2 aliphatic carbocycles. The monoisotopic (exact) mass is 313 g/mol. The number of esters is 1. The molecule has 0 radical (unpaired) electrons. The second kappa shape index (κ2) is 5.41. The zero-order valence-corrected chi connectivity index (χ0v) is 13.1. The van der Waals surface area contributed by atoms with E-state index < -0.39 is 0 Å². The summed E-state index contributed by atoms with van der Waals surface area (Å²) >= 11 is 0. The van der Waals surface area contributed by atoms with E-state index >= 15 is 0 Å². The van der Waals surface area contributed by atoms with Crippen molar-refractivity contribution >= 4 is 11.8 Å². The van der Waals surface area contributed by atoms with E-state index in [0.717, 1.165) is 24.3 Å². The summed E-state index contributed by atoms with van der Waals surface area (Å²) in [5, 5.41) is 0. The van der Waals surface area contributed by atoms with Crippen molar-refractivity contribution in [2.75, 3.05) is 6.61 Å². The number of fused-ring (bicyclic) bond motifs is 1. The minimum Gasteiger partial charge on any atom is -0.469 e. The van der Waals surface area contributed by atoms with Crippen LogP contribution in [0.4, 0.5) is 0 Å². The van der Waals surface area contributed by atoms with Gasteiger partial charge in [0.15, 0.2) is 5.78 Å². The number of aromatic amines is 1. The lowest BCUT2D eigenvalue weighted by Crippen LogP contribution is -2.18. The summed E-state index contributed by atoms with van der Waals surface area (Å²) in [6.07, 6.45) is 4.98. The first-order valence-electron chi connectivity index (χ1n) is 8.08. The molecular weight excluding hydrogens is 294 g/mol. The third-order valence-electron chi connectivity index (χ3n) is 4.79. The maximum atomic E-state index is 12.5. The van der Waals surface area contributed by atoms with Gasteiger partial charge in [0.1, 0.15) is 11.5 Å². The number of H-pyrrole nitrogens is 1. The molecular formula is C18H19NO4. The average Bonchev–Trinajstić information content (AvgIpc) is 3.06. The molecule has 0 amide bonds. The van der Waals surface area contributed by atoms with Crippen molar-refractivity contribution in [1.29, 1.82) is 0 Å². The molecule has 2 aromatic rings. The predicted molar refractivity (Wildman–Crippen MR) is 82.6 cm³/mol. The normalized spacial score (nSPS) is 20.4. The first kappa shape index (κ1) is 14.3. The molecule has 0 saturated heterocycles. The molecule has 0 aliphatic heterocycles. The largest absolute Gasteiger partial charge is 0.469 e. The second-order valence-electron chi connectivity index (χ2n) is 6.56. The standard InChI is InChI=1S/C18H19NO4/c1-10-16-13(19-17(10)18(21)23-9-11-4-5-11)7-12(8-14(16)20)15-3-2-6-22-15/h2-3,6,11-12,19H,4-5,7-9H2,1H3. The molecule has 1 atom stereocenters. The van der Waals surface area contributed by atoms with Crippen LogP contribution in [0.5, 0.6) is 0 Å². The van der Waals surface area contributed by atoms with Crippen molar-refractivity contribution < 1.29 is 18.7 Å². The molecule has 0 bridgehead atoms. The summed E-state index contributed by atoms with van der Waals surface area (Å²) in [6.45, 7) is 2.29. The molecule has 1 saturated carbocycles. The van der Waals surface area contributed by atoms with Crippen LogP contribution < -0.4 is 0 Å². The van der Waals surface area contributed by atoms with Crippen LogP contribution in [-0.4, -0.2) is 23.3 Å². The van der Waals surface area contributed by atoms with Crippen LogP contribution in [-0.2, 0) is 11.2 Å². The predicted octanol–water partition coefficient (Wildman–Crippen LogP) is 3.40. The van der Waals surface area contributed by atoms with Crippen LogP contribution in [0.2, 0.25) is 0 Å². The number of rotatable bonds is 4. The highest BCUT2D eigenvalue weighted by Gasteiger charge is 2.33. The fourth-order valence-electron chi connectivity index (χ4n) is 3.31. The molecule has 5 heteroatoms. The lowest BCUT2D eigenvalue weighted by molar-refractivity contribution is 0.0479. The summed E-state index contributed by atoms with van der Waals surface area (Å²) in [5.41, 5.74) is 2.61. The molecule has 2 aliphatic rings. The Kier molecular flexibility index (Phi) is 3.36. The maximum Gasteiger partial charge on any atom is 0.355 e. The number of furan rings is 1. The van der Waals surface area contributed by atoms with Crippen molar-refractivity contribution in [3.63, 3.8) is 0 Å². The molecule has 2 aromatic heterocycles. The topological polar surface area (TPSA) is 72.3 Å². The van der Waals surface area contributed by atoms with Gasteiger partial charge in [-0.25, -0.2) is 4.79 Å². The minimum atomic E-state index is -0.355. The van der Waals surface area contributed by atoms with Crippen LogP contribution in [0, 0.1) is 12.8 Å². The highest BCUT2D eigenvalue weighted by atomic mass is 16.5. The van der Waals surface area contributed by atoms with Crippen LogP contribution in [0.3, 0.4) is 0 Å². The first-order valence-corrected chi connectivity index (χ1v) is 8.08. The quantitative estimate of drug-likeness (QED) is 0.878. The van der Waals surface area contributed by atoms with E-state index in [1.54, 1.807) is 6.26 Å². The number of nitrogens with one attached hydrogen (secondary N) is 1. The molecule has 1 N–H and O–H groups in total. The summed E-state index contributed by atoms with van der Waals surface area (Å²) < 4.78 is 10.8. The number of hydrogen-bond donors (Lipinski definition) is 1. The van der Waals surface area contributed by atoms with Gasteiger partial charge >= 0.3 is 5.97 Å². The lowest BCUT2D eigenvalue weighted by atomic mass is 9.84. The molecule has 5 nitrogen and oxygen atoms in total. The molecule has 1 unspecified atom stereocenters. The Morgan fingerprint density at radius 1 is 1.39 bits per heavy atom. The third-order valence-corrected chi connectivity index (χ3v) is 4.79. The van der Waals surface area contributed by atoms with Gasteiger partial charge in [-0.05, 0) is 49.8 Å². The van der Waals surface area contributed by atoms with E-state index in [2.05, 4.69) is 4.98 Å². The summed E-state index contributed by atoms with van der Waals surface area (Å²) in [5.74, 6) is 1.06. The van der Waals surface area contributed by atoms with Gasteiger partial charge in [-0.15, -0.1) is 0 Å². The Balaban J connectivity index is 1.59. The van der Waals surface area contributed by atoms with Gasteiger partial charge in [-0.1, -0.05) is 0 Å². The zero-order valence-electron chi connectivity index (χ0n) is 13.1.